The summed E-state index contributed by atoms with van der Waals surface area (Å²) < 4.78 is 4.65. The van der Waals surface area contributed by atoms with Crippen LogP contribution in [0, 0.1) is 0 Å². The van der Waals surface area contributed by atoms with Crippen LogP contribution < -0.4 is 0 Å². The monoisotopic (exact) mass is 215 g/mol. The molecule has 0 aliphatic rings. The van der Waals surface area contributed by atoms with E-state index < -0.39 is 0 Å². The first kappa shape index (κ1) is 8.59. The van der Waals surface area contributed by atoms with Crippen LogP contribution in [0.2, 0.25) is 0 Å². The van der Waals surface area contributed by atoms with Crippen LogP contribution >= 0.6 is 22.9 Å². The van der Waals surface area contributed by atoms with Crippen molar-refractivity contribution in [3.63, 3.8) is 0 Å². The molecule has 5 heteroatoms. The molecule has 68 valence electrons. The topological polar surface area (TPSA) is 42.1 Å². The second kappa shape index (κ2) is 3.40. The molecule has 0 amide bonds. The summed E-state index contributed by atoms with van der Waals surface area (Å²) in [6.45, 7) is 0. The Morgan fingerprint density at radius 3 is 3.23 bits per heavy atom. The van der Waals surface area contributed by atoms with E-state index in [9.17, 15) is 4.79 Å². The fourth-order valence-electron chi connectivity index (χ4n) is 1.07. The molecule has 0 atom stereocenters. The van der Waals surface area contributed by atoms with Crippen LogP contribution in [0.3, 0.4) is 0 Å². The van der Waals surface area contributed by atoms with Crippen LogP contribution in [0.1, 0.15) is 9.67 Å². The Bertz CT molecular complexity index is 405. The highest BCUT2D eigenvalue weighted by Gasteiger charge is 2.11. The smallest absolute Gasteiger partial charge is 0.349 e. The molecular formula is C8H6ClNO2S. The van der Waals surface area contributed by atoms with Crippen molar-refractivity contribution in [3.05, 3.63) is 23.2 Å². The highest BCUT2D eigenvalue weighted by atomic mass is 35.5. The second-order valence-electron chi connectivity index (χ2n) is 2.41. The number of carbonyl (C=O) groups excluding carboxylic acids is 1. The summed E-state index contributed by atoms with van der Waals surface area (Å²) in [5.74, 6) is -0.371. The maximum atomic E-state index is 11.2. The lowest BCUT2D eigenvalue weighted by atomic mass is 10.4. The lowest BCUT2D eigenvalue weighted by Crippen LogP contribution is -2.00. The van der Waals surface area contributed by atoms with E-state index in [1.807, 2.05) is 12.3 Å². The van der Waals surface area contributed by atoms with Crippen LogP contribution in [0.4, 0.5) is 0 Å². The zero-order chi connectivity index (χ0) is 9.26. The zero-order valence-corrected chi connectivity index (χ0v) is 8.11. The molecule has 2 aromatic rings. The fourth-order valence-corrected chi connectivity index (χ4v) is 2.09. The van der Waals surface area contributed by atoms with Crippen LogP contribution in [-0.2, 0) is 4.74 Å². The Balaban J connectivity index is 2.34. The summed E-state index contributed by atoms with van der Waals surface area (Å²) >= 11 is 6.64. The number of thiophene rings is 1. The van der Waals surface area contributed by atoms with Crippen molar-refractivity contribution in [3.8, 4) is 0 Å². The molecule has 13 heavy (non-hydrogen) atoms. The van der Waals surface area contributed by atoms with E-state index in [1.165, 1.54) is 11.3 Å². The van der Waals surface area contributed by atoms with Crippen LogP contribution in [0.5, 0.6) is 0 Å². The highest BCUT2D eigenvalue weighted by Crippen LogP contribution is 2.24. The van der Waals surface area contributed by atoms with Crippen molar-refractivity contribution in [2.45, 2.75) is 0 Å². The van der Waals surface area contributed by atoms with Gasteiger partial charge in [-0.1, -0.05) is 11.6 Å². The number of aromatic nitrogens is 1. The predicted molar refractivity (Wildman–Crippen MR) is 52.3 cm³/mol. The van der Waals surface area contributed by atoms with Gasteiger partial charge in [0.2, 0.25) is 0 Å². The molecular weight excluding hydrogens is 210 g/mol. The van der Waals surface area contributed by atoms with E-state index in [0.29, 0.717) is 4.88 Å². The lowest BCUT2D eigenvalue weighted by molar-refractivity contribution is 0.0580. The quantitative estimate of drug-likeness (QED) is 0.618. The molecule has 2 rings (SSSR count). The van der Waals surface area contributed by atoms with Gasteiger partial charge in [-0.05, 0) is 12.1 Å². The van der Waals surface area contributed by atoms with E-state index in [0.717, 1.165) is 10.2 Å². The number of ether oxygens (including phenoxy) is 1. The molecule has 0 radical (unpaired) electrons. The van der Waals surface area contributed by atoms with Crippen LogP contribution in [0.25, 0.3) is 10.2 Å². The van der Waals surface area contributed by atoms with Gasteiger partial charge >= 0.3 is 5.97 Å². The van der Waals surface area contributed by atoms with Gasteiger partial charge < -0.3 is 9.72 Å². The molecule has 0 aliphatic heterocycles. The molecule has 0 saturated carbocycles. The molecule has 0 aromatic carbocycles. The van der Waals surface area contributed by atoms with Gasteiger partial charge in [0.05, 0.1) is 0 Å². The number of fused-ring (bicyclic) bond motifs is 1. The number of H-pyrrole nitrogens is 1. The molecule has 0 spiro atoms. The first-order valence-electron chi connectivity index (χ1n) is 3.61. The Labute approximate surface area is 83.3 Å². The number of esters is 1. The highest BCUT2D eigenvalue weighted by molar-refractivity contribution is 7.20. The maximum Gasteiger partial charge on any atom is 0.349 e. The van der Waals surface area contributed by atoms with E-state index >= 15 is 0 Å². The summed E-state index contributed by atoms with van der Waals surface area (Å²) in [6, 6.07) is 3.58. The average Bonchev–Trinajstić information content (AvgIpc) is 2.61. The molecule has 2 heterocycles. The molecule has 0 unspecified atom stereocenters. The van der Waals surface area contributed by atoms with Crippen LogP contribution in [0.15, 0.2) is 18.3 Å². The van der Waals surface area contributed by atoms with E-state index in [4.69, 9.17) is 11.6 Å². The van der Waals surface area contributed by atoms with Crippen molar-refractivity contribution in [1.82, 2.24) is 4.98 Å². The number of halogens is 1. The number of hydrogen-bond donors (Lipinski definition) is 1. The van der Waals surface area contributed by atoms with Gasteiger partial charge in [0, 0.05) is 11.6 Å². The molecule has 2 aromatic heterocycles. The van der Waals surface area contributed by atoms with Crippen molar-refractivity contribution < 1.29 is 9.53 Å². The standard InChI is InChI=1S/C8H6ClNO2S/c9-4-12-8(11)6-3-5-1-2-10-7(5)13-6/h1-3,10H,4H2. The number of carbonyl (C=O) groups is 1. The predicted octanol–water partition coefficient (Wildman–Crippen LogP) is 2.58. The van der Waals surface area contributed by atoms with Gasteiger partial charge in [-0.3, -0.25) is 0 Å². The minimum Gasteiger partial charge on any atom is -0.445 e. The average molecular weight is 216 g/mol. The number of aromatic amines is 1. The molecule has 0 aliphatic carbocycles. The van der Waals surface area contributed by atoms with Gasteiger partial charge in [0.15, 0.2) is 6.07 Å². The van der Waals surface area contributed by atoms with Gasteiger partial charge in [-0.25, -0.2) is 4.79 Å². The third-order valence-electron chi connectivity index (χ3n) is 1.62. The largest absolute Gasteiger partial charge is 0.445 e. The summed E-state index contributed by atoms with van der Waals surface area (Å²) in [7, 11) is 0. The van der Waals surface area contributed by atoms with Gasteiger partial charge in [0.25, 0.3) is 0 Å². The van der Waals surface area contributed by atoms with Crippen molar-refractivity contribution in [2.75, 3.05) is 6.07 Å². The SMILES string of the molecule is O=C(OCCl)c1cc2cc[nH]c2s1. The van der Waals surface area contributed by atoms with Crippen molar-refractivity contribution in [1.29, 1.82) is 0 Å². The third kappa shape index (κ3) is 1.55. The molecule has 0 bridgehead atoms. The molecule has 0 saturated heterocycles. The number of alkyl halides is 1. The van der Waals surface area contributed by atoms with Crippen molar-refractivity contribution in [2.24, 2.45) is 0 Å². The Kier molecular flexibility index (Phi) is 2.24. The van der Waals surface area contributed by atoms with Gasteiger partial charge in [-0.15, -0.1) is 11.3 Å². The van der Waals surface area contributed by atoms with Crippen LogP contribution in [-0.4, -0.2) is 17.0 Å². The zero-order valence-electron chi connectivity index (χ0n) is 6.54. The van der Waals surface area contributed by atoms with E-state index in [-0.39, 0.29) is 12.0 Å². The minimum atomic E-state index is -0.371. The number of rotatable bonds is 2. The van der Waals surface area contributed by atoms with Gasteiger partial charge in [-0.2, -0.15) is 0 Å². The summed E-state index contributed by atoms with van der Waals surface area (Å²) in [5.41, 5.74) is 0. The van der Waals surface area contributed by atoms with E-state index in [1.54, 1.807) is 6.07 Å². The fraction of sp³-hybridized carbons (Fsp3) is 0.125. The molecule has 1 N–H and O–H groups in total. The van der Waals surface area contributed by atoms with Gasteiger partial charge in [0.1, 0.15) is 9.71 Å². The maximum absolute atomic E-state index is 11.2. The first-order chi connectivity index (χ1) is 6.31. The Morgan fingerprint density at radius 2 is 2.54 bits per heavy atom. The Hall–Kier alpha value is -1.00. The second-order valence-corrected chi connectivity index (χ2v) is 3.68. The molecule has 3 nitrogen and oxygen atoms in total. The summed E-state index contributed by atoms with van der Waals surface area (Å²) in [4.78, 5) is 15.8. The Morgan fingerprint density at radius 1 is 1.69 bits per heavy atom. The third-order valence-corrected chi connectivity index (χ3v) is 2.80. The van der Waals surface area contributed by atoms with E-state index in [2.05, 4.69) is 9.72 Å². The summed E-state index contributed by atoms with van der Waals surface area (Å²) in [5, 5.41) is 1.02. The summed E-state index contributed by atoms with van der Waals surface area (Å²) in [6.07, 6.45) is 1.83. The molecule has 0 fully saturated rings. The lowest BCUT2D eigenvalue weighted by Gasteiger charge is -1.94. The number of nitrogens with one attached hydrogen (secondary N) is 1. The van der Waals surface area contributed by atoms with Crippen molar-refractivity contribution >= 4 is 39.1 Å². The number of hydrogen-bond acceptors (Lipinski definition) is 3. The minimum absolute atomic E-state index is 0.106. The first-order valence-corrected chi connectivity index (χ1v) is 4.96. The normalized spacial score (nSPS) is 10.5.